The Morgan fingerprint density at radius 1 is 1.25 bits per heavy atom. The number of rotatable bonds is 2. The van der Waals surface area contributed by atoms with Gasteiger partial charge < -0.3 is 11.1 Å². The standard InChI is InChI=1S/C11H9ClFN3/c12-8-2-1-3-9(13)11(8)16-10-5-4-7(14)6-15-10/h1-6H,14H2,(H,15,16). The Labute approximate surface area is 97.1 Å². The number of pyridine rings is 1. The molecule has 0 fully saturated rings. The van der Waals surface area contributed by atoms with Crippen molar-refractivity contribution < 1.29 is 4.39 Å². The van der Waals surface area contributed by atoms with Crippen molar-refractivity contribution in [2.24, 2.45) is 0 Å². The van der Waals surface area contributed by atoms with E-state index in [4.69, 9.17) is 17.3 Å². The minimum absolute atomic E-state index is 0.210. The van der Waals surface area contributed by atoms with E-state index in [1.165, 1.54) is 12.3 Å². The molecule has 0 amide bonds. The zero-order valence-electron chi connectivity index (χ0n) is 8.24. The van der Waals surface area contributed by atoms with E-state index in [1.807, 2.05) is 0 Å². The predicted octanol–water partition coefficient (Wildman–Crippen LogP) is 3.20. The Bertz CT molecular complexity index is 479. The summed E-state index contributed by atoms with van der Waals surface area (Å²) in [4.78, 5) is 3.99. The topological polar surface area (TPSA) is 50.9 Å². The quantitative estimate of drug-likeness (QED) is 0.843. The molecule has 0 radical (unpaired) electrons. The van der Waals surface area contributed by atoms with Gasteiger partial charge in [0.15, 0.2) is 0 Å². The van der Waals surface area contributed by atoms with Crippen LogP contribution >= 0.6 is 11.6 Å². The molecule has 2 rings (SSSR count). The SMILES string of the molecule is Nc1ccc(Nc2c(F)cccc2Cl)nc1. The van der Waals surface area contributed by atoms with Gasteiger partial charge >= 0.3 is 0 Å². The zero-order chi connectivity index (χ0) is 11.5. The number of benzene rings is 1. The number of nitrogens with two attached hydrogens (primary N) is 1. The van der Waals surface area contributed by atoms with Crippen molar-refractivity contribution in [3.8, 4) is 0 Å². The van der Waals surface area contributed by atoms with Gasteiger partial charge in [-0.1, -0.05) is 17.7 Å². The number of halogens is 2. The first kappa shape index (κ1) is 10.7. The number of aromatic nitrogens is 1. The van der Waals surface area contributed by atoms with Crippen LogP contribution in [0.2, 0.25) is 5.02 Å². The summed E-state index contributed by atoms with van der Waals surface area (Å²) in [5.74, 6) is 0.0623. The molecule has 0 saturated carbocycles. The minimum Gasteiger partial charge on any atom is -0.397 e. The lowest BCUT2D eigenvalue weighted by Crippen LogP contribution is -1.97. The number of nitrogen functional groups attached to an aromatic ring is 1. The van der Waals surface area contributed by atoms with Crippen LogP contribution in [0.3, 0.4) is 0 Å². The van der Waals surface area contributed by atoms with E-state index < -0.39 is 5.82 Å². The van der Waals surface area contributed by atoms with Crippen LogP contribution in [0.15, 0.2) is 36.5 Å². The monoisotopic (exact) mass is 237 g/mol. The van der Waals surface area contributed by atoms with Crippen LogP contribution < -0.4 is 11.1 Å². The maximum absolute atomic E-state index is 13.4. The molecule has 2 aromatic rings. The van der Waals surface area contributed by atoms with Gasteiger partial charge in [0.1, 0.15) is 11.6 Å². The van der Waals surface area contributed by atoms with Crippen LogP contribution in [-0.4, -0.2) is 4.98 Å². The van der Waals surface area contributed by atoms with Gasteiger partial charge in [-0.15, -0.1) is 0 Å². The highest BCUT2D eigenvalue weighted by Crippen LogP contribution is 2.27. The van der Waals surface area contributed by atoms with Gasteiger partial charge in [0.05, 0.1) is 22.6 Å². The maximum Gasteiger partial charge on any atom is 0.148 e. The molecule has 0 aliphatic rings. The van der Waals surface area contributed by atoms with E-state index in [9.17, 15) is 4.39 Å². The number of nitrogens with one attached hydrogen (secondary N) is 1. The van der Waals surface area contributed by atoms with Gasteiger partial charge in [0, 0.05) is 0 Å². The highest BCUT2D eigenvalue weighted by Gasteiger charge is 2.06. The Morgan fingerprint density at radius 3 is 2.69 bits per heavy atom. The smallest absolute Gasteiger partial charge is 0.148 e. The second-order valence-corrected chi connectivity index (χ2v) is 3.61. The molecule has 0 aliphatic carbocycles. The summed E-state index contributed by atoms with van der Waals surface area (Å²) in [5, 5.41) is 3.10. The molecule has 0 atom stereocenters. The number of hydrogen-bond donors (Lipinski definition) is 2. The molecular weight excluding hydrogens is 229 g/mol. The lowest BCUT2D eigenvalue weighted by molar-refractivity contribution is 0.632. The maximum atomic E-state index is 13.4. The predicted molar refractivity (Wildman–Crippen MR) is 63.3 cm³/mol. The van der Waals surface area contributed by atoms with Crippen LogP contribution in [0.1, 0.15) is 0 Å². The van der Waals surface area contributed by atoms with Gasteiger partial charge in [-0.2, -0.15) is 0 Å². The zero-order valence-corrected chi connectivity index (χ0v) is 9.00. The molecular formula is C11H9ClFN3. The Hall–Kier alpha value is -1.81. The minimum atomic E-state index is -0.425. The van der Waals surface area contributed by atoms with Crippen molar-refractivity contribution in [3.05, 3.63) is 47.4 Å². The summed E-state index contributed by atoms with van der Waals surface area (Å²) in [6, 6.07) is 7.79. The van der Waals surface area contributed by atoms with Crippen LogP contribution in [0, 0.1) is 5.82 Å². The average molecular weight is 238 g/mol. The van der Waals surface area contributed by atoms with Crippen molar-refractivity contribution in [1.82, 2.24) is 4.98 Å². The lowest BCUT2D eigenvalue weighted by atomic mass is 10.3. The largest absolute Gasteiger partial charge is 0.397 e. The summed E-state index contributed by atoms with van der Waals surface area (Å²) >= 11 is 5.86. The van der Waals surface area contributed by atoms with E-state index in [0.29, 0.717) is 16.5 Å². The lowest BCUT2D eigenvalue weighted by Gasteiger charge is -2.08. The fourth-order valence-corrected chi connectivity index (χ4v) is 1.43. The van der Waals surface area contributed by atoms with E-state index in [2.05, 4.69) is 10.3 Å². The summed E-state index contributed by atoms with van der Waals surface area (Å²) in [6.07, 6.45) is 1.48. The third-order valence-corrected chi connectivity index (χ3v) is 2.32. The Morgan fingerprint density at radius 2 is 2.06 bits per heavy atom. The highest BCUT2D eigenvalue weighted by molar-refractivity contribution is 6.33. The van der Waals surface area contributed by atoms with Crippen LogP contribution in [0.25, 0.3) is 0 Å². The first-order chi connectivity index (χ1) is 7.66. The Kier molecular flexibility index (Phi) is 2.92. The first-order valence-electron chi connectivity index (χ1n) is 4.59. The van der Waals surface area contributed by atoms with Gasteiger partial charge in [-0.25, -0.2) is 9.37 Å². The molecule has 1 aromatic carbocycles. The molecule has 0 saturated heterocycles. The number of hydrogen-bond acceptors (Lipinski definition) is 3. The van der Waals surface area contributed by atoms with E-state index in [0.717, 1.165) is 0 Å². The third kappa shape index (κ3) is 2.23. The Balaban J connectivity index is 2.30. The van der Waals surface area contributed by atoms with Gasteiger partial charge in [-0.05, 0) is 24.3 Å². The van der Waals surface area contributed by atoms with Gasteiger partial charge in [0.25, 0.3) is 0 Å². The normalized spacial score (nSPS) is 10.1. The summed E-state index contributed by atoms with van der Waals surface area (Å²) in [5.41, 5.74) is 6.25. The number of para-hydroxylation sites is 1. The van der Waals surface area contributed by atoms with Crippen molar-refractivity contribution in [2.45, 2.75) is 0 Å². The molecule has 0 bridgehead atoms. The summed E-state index contributed by atoms with van der Waals surface area (Å²) in [6.45, 7) is 0. The molecule has 0 aliphatic heterocycles. The highest BCUT2D eigenvalue weighted by atomic mass is 35.5. The second-order valence-electron chi connectivity index (χ2n) is 3.20. The molecule has 82 valence electrons. The number of anilines is 3. The van der Waals surface area contributed by atoms with E-state index >= 15 is 0 Å². The summed E-state index contributed by atoms with van der Waals surface area (Å²) < 4.78 is 13.4. The fraction of sp³-hybridized carbons (Fsp3) is 0. The average Bonchev–Trinajstić information content (AvgIpc) is 2.26. The van der Waals surface area contributed by atoms with Crippen LogP contribution in [-0.2, 0) is 0 Å². The van der Waals surface area contributed by atoms with Crippen molar-refractivity contribution in [3.63, 3.8) is 0 Å². The summed E-state index contributed by atoms with van der Waals surface area (Å²) in [7, 11) is 0. The van der Waals surface area contributed by atoms with Crippen LogP contribution in [0.4, 0.5) is 21.6 Å². The number of nitrogens with zero attached hydrogens (tertiary/aromatic N) is 1. The molecule has 5 heteroatoms. The second kappa shape index (κ2) is 4.37. The molecule has 1 heterocycles. The van der Waals surface area contributed by atoms with E-state index in [1.54, 1.807) is 24.3 Å². The van der Waals surface area contributed by atoms with Crippen LogP contribution in [0.5, 0.6) is 0 Å². The molecule has 3 N–H and O–H groups in total. The molecule has 0 spiro atoms. The van der Waals surface area contributed by atoms with Gasteiger partial charge in [-0.3, -0.25) is 0 Å². The van der Waals surface area contributed by atoms with E-state index in [-0.39, 0.29) is 5.69 Å². The molecule has 0 unspecified atom stereocenters. The van der Waals surface area contributed by atoms with Crippen molar-refractivity contribution >= 4 is 28.8 Å². The molecule has 1 aromatic heterocycles. The first-order valence-corrected chi connectivity index (χ1v) is 4.97. The van der Waals surface area contributed by atoms with Crippen molar-refractivity contribution in [2.75, 3.05) is 11.1 Å². The van der Waals surface area contributed by atoms with Gasteiger partial charge in [0.2, 0.25) is 0 Å². The third-order valence-electron chi connectivity index (χ3n) is 2.00. The molecule has 3 nitrogen and oxygen atoms in total. The fourth-order valence-electron chi connectivity index (χ4n) is 1.22. The van der Waals surface area contributed by atoms with Crippen molar-refractivity contribution in [1.29, 1.82) is 0 Å². The molecule has 16 heavy (non-hydrogen) atoms.